The van der Waals surface area contributed by atoms with Crippen molar-refractivity contribution >= 4 is 18.1 Å². The number of aromatic nitrogens is 2. The molecule has 1 aliphatic heterocycles. The fourth-order valence-corrected chi connectivity index (χ4v) is 3.86. The van der Waals surface area contributed by atoms with Gasteiger partial charge in [-0.1, -0.05) is 18.1 Å². The second kappa shape index (κ2) is 9.41. The number of amides is 2. The molecule has 0 spiro atoms. The molecule has 31 heavy (non-hydrogen) atoms. The predicted molar refractivity (Wildman–Crippen MR) is 112 cm³/mol. The van der Waals surface area contributed by atoms with Crippen LogP contribution in [0.1, 0.15) is 41.3 Å². The van der Waals surface area contributed by atoms with Gasteiger partial charge in [-0.3, -0.25) is 19.2 Å². The number of hydrogen-bond donors (Lipinski definition) is 2. The smallest absolute Gasteiger partial charge is 0.254 e. The Morgan fingerprint density at radius 2 is 2.19 bits per heavy atom. The molecule has 9 heteroatoms. The zero-order valence-corrected chi connectivity index (χ0v) is 17.1. The van der Waals surface area contributed by atoms with Gasteiger partial charge in [0.1, 0.15) is 17.3 Å². The molecule has 3 N–H and O–H groups in total. The van der Waals surface area contributed by atoms with Crippen LogP contribution < -0.4 is 11.1 Å². The van der Waals surface area contributed by atoms with Crippen LogP contribution in [-0.4, -0.2) is 46.3 Å². The van der Waals surface area contributed by atoms with Crippen LogP contribution in [0.5, 0.6) is 0 Å². The van der Waals surface area contributed by atoms with Gasteiger partial charge in [-0.05, 0) is 31.0 Å². The summed E-state index contributed by atoms with van der Waals surface area (Å²) in [7, 11) is 0. The van der Waals surface area contributed by atoms with Gasteiger partial charge in [0.15, 0.2) is 5.82 Å². The van der Waals surface area contributed by atoms with Crippen molar-refractivity contribution in [3.63, 3.8) is 0 Å². The SMILES string of the molecule is CC#Cc1ccc(CN2CCC(CC#N)(n3cc(C(N)=O)c(NC=O)n3)C(F)C2)cc1. The highest BCUT2D eigenvalue weighted by Crippen LogP contribution is 2.37. The van der Waals surface area contributed by atoms with Crippen LogP contribution in [0.3, 0.4) is 0 Å². The number of nitrogens with two attached hydrogens (primary N) is 1. The zero-order valence-electron chi connectivity index (χ0n) is 17.1. The van der Waals surface area contributed by atoms with Gasteiger partial charge in [0.05, 0.1) is 12.5 Å². The van der Waals surface area contributed by atoms with E-state index in [4.69, 9.17) is 5.73 Å². The minimum absolute atomic E-state index is 0.0330. The van der Waals surface area contributed by atoms with Crippen molar-refractivity contribution in [2.45, 2.75) is 38.0 Å². The van der Waals surface area contributed by atoms with Crippen molar-refractivity contribution in [3.8, 4) is 17.9 Å². The van der Waals surface area contributed by atoms with Crippen molar-refractivity contribution in [1.29, 1.82) is 5.26 Å². The molecule has 1 aromatic heterocycles. The van der Waals surface area contributed by atoms with Crippen LogP contribution in [0.4, 0.5) is 10.2 Å². The van der Waals surface area contributed by atoms with E-state index in [9.17, 15) is 14.9 Å². The number of primary amides is 1. The van der Waals surface area contributed by atoms with Crippen molar-refractivity contribution < 1.29 is 14.0 Å². The normalized spacial score (nSPS) is 20.9. The molecule has 1 aliphatic rings. The molecule has 0 aliphatic carbocycles. The van der Waals surface area contributed by atoms with Gasteiger partial charge in [0.2, 0.25) is 6.41 Å². The number of nitriles is 1. The van der Waals surface area contributed by atoms with E-state index in [1.165, 1.54) is 10.9 Å². The maximum atomic E-state index is 15.5. The second-order valence-electron chi connectivity index (χ2n) is 7.43. The van der Waals surface area contributed by atoms with Crippen LogP contribution in [0, 0.1) is 23.2 Å². The molecule has 2 atom stereocenters. The molecule has 1 saturated heterocycles. The molecule has 2 unspecified atom stereocenters. The number of hydrogen-bond acceptors (Lipinski definition) is 5. The van der Waals surface area contributed by atoms with Crippen LogP contribution >= 0.6 is 0 Å². The molecule has 0 bridgehead atoms. The average molecular weight is 422 g/mol. The van der Waals surface area contributed by atoms with Gasteiger partial charge < -0.3 is 11.1 Å². The standard InChI is InChI=1S/C22H23FN6O2/c1-2-3-16-4-6-17(7-5-16)12-28-11-9-22(8-10-24,19(23)14-28)29-13-18(20(25)31)21(27-29)26-15-30/h4-7,13,15,19H,8-9,11-12,14H2,1H3,(H2,25,31)(H,26,27,30). The molecule has 0 radical (unpaired) electrons. The van der Waals surface area contributed by atoms with E-state index < -0.39 is 17.6 Å². The highest BCUT2D eigenvalue weighted by molar-refractivity contribution is 5.99. The first-order valence-electron chi connectivity index (χ1n) is 9.78. The summed E-state index contributed by atoms with van der Waals surface area (Å²) in [6, 6.07) is 9.83. The quantitative estimate of drug-likeness (QED) is 0.521. The number of alkyl halides is 1. The second-order valence-corrected chi connectivity index (χ2v) is 7.43. The maximum absolute atomic E-state index is 15.5. The Morgan fingerprint density at radius 3 is 2.77 bits per heavy atom. The van der Waals surface area contributed by atoms with Gasteiger partial charge in [0, 0.05) is 31.4 Å². The summed E-state index contributed by atoms with van der Waals surface area (Å²) in [6.07, 6.45) is 0.425. The maximum Gasteiger partial charge on any atom is 0.254 e. The first-order valence-corrected chi connectivity index (χ1v) is 9.78. The summed E-state index contributed by atoms with van der Waals surface area (Å²) in [5.74, 6) is 4.99. The first-order chi connectivity index (χ1) is 14.9. The molecule has 2 amide bonds. The lowest BCUT2D eigenvalue weighted by Gasteiger charge is -2.43. The van der Waals surface area contributed by atoms with E-state index in [1.807, 2.05) is 35.2 Å². The lowest BCUT2D eigenvalue weighted by atomic mass is 9.83. The van der Waals surface area contributed by atoms with Gasteiger partial charge in [0.25, 0.3) is 5.91 Å². The third-order valence-corrected chi connectivity index (χ3v) is 5.51. The molecule has 2 heterocycles. The van der Waals surface area contributed by atoms with Gasteiger partial charge in [-0.15, -0.1) is 5.92 Å². The van der Waals surface area contributed by atoms with E-state index in [0.717, 1.165) is 11.1 Å². The Labute approximate surface area is 179 Å². The number of piperidine rings is 1. The predicted octanol–water partition coefficient (Wildman–Crippen LogP) is 1.77. The first kappa shape index (κ1) is 22.0. The van der Waals surface area contributed by atoms with Crippen molar-refractivity contribution in [1.82, 2.24) is 14.7 Å². The number of rotatable bonds is 7. The van der Waals surface area contributed by atoms with Crippen LogP contribution in [0.2, 0.25) is 0 Å². The molecule has 1 aromatic carbocycles. The molecule has 1 fully saturated rings. The molecule has 3 rings (SSSR count). The third kappa shape index (κ3) is 4.57. The minimum Gasteiger partial charge on any atom is -0.365 e. The molecule has 8 nitrogen and oxygen atoms in total. The lowest BCUT2D eigenvalue weighted by Crippen LogP contribution is -2.54. The topological polar surface area (TPSA) is 117 Å². The number of likely N-dealkylation sites (tertiary alicyclic amines) is 1. The van der Waals surface area contributed by atoms with Gasteiger partial charge in [-0.25, -0.2) is 4.39 Å². The summed E-state index contributed by atoms with van der Waals surface area (Å²) in [5, 5.41) is 15.9. The zero-order chi connectivity index (χ0) is 22.4. The Kier molecular flexibility index (Phi) is 6.68. The Bertz CT molecular complexity index is 1060. The largest absolute Gasteiger partial charge is 0.365 e. The monoisotopic (exact) mass is 422 g/mol. The Balaban J connectivity index is 1.81. The molecular formula is C22H23FN6O2. The van der Waals surface area contributed by atoms with E-state index in [2.05, 4.69) is 22.3 Å². The van der Waals surface area contributed by atoms with Crippen molar-refractivity contribution in [2.24, 2.45) is 5.73 Å². The summed E-state index contributed by atoms with van der Waals surface area (Å²) in [4.78, 5) is 24.5. The number of carbonyl (C=O) groups is 2. The number of nitrogens with zero attached hydrogens (tertiary/aromatic N) is 4. The fourth-order valence-electron chi connectivity index (χ4n) is 3.86. The lowest BCUT2D eigenvalue weighted by molar-refractivity contribution is -0.105. The third-order valence-electron chi connectivity index (χ3n) is 5.51. The number of anilines is 1. The number of benzene rings is 1. The highest BCUT2D eigenvalue weighted by Gasteiger charge is 2.46. The van der Waals surface area contributed by atoms with E-state index in [-0.39, 0.29) is 24.3 Å². The van der Waals surface area contributed by atoms with Crippen LogP contribution in [0.15, 0.2) is 30.5 Å². The van der Waals surface area contributed by atoms with E-state index >= 15 is 4.39 Å². The van der Waals surface area contributed by atoms with Crippen molar-refractivity contribution in [2.75, 3.05) is 18.4 Å². The van der Waals surface area contributed by atoms with Crippen molar-refractivity contribution in [3.05, 3.63) is 47.2 Å². The van der Waals surface area contributed by atoms with Gasteiger partial charge in [-0.2, -0.15) is 10.4 Å². The molecular weight excluding hydrogens is 399 g/mol. The summed E-state index contributed by atoms with van der Waals surface area (Å²) < 4.78 is 16.8. The summed E-state index contributed by atoms with van der Waals surface area (Å²) >= 11 is 0. The fraction of sp³-hybridized carbons (Fsp3) is 0.364. The summed E-state index contributed by atoms with van der Waals surface area (Å²) in [6.45, 7) is 2.97. The van der Waals surface area contributed by atoms with E-state index in [1.54, 1.807) is 6.92 Å². The number of carbonyl (C=O) groups excluding carboxylic acids is 2. The van der Waals surface area contributed by atoms with Gasteiger partial charge >= 0.3 is 0 Å². The molecule has 2 aromatic rings. The van der Waals surface area contributed by atoms with Crippen LogP contribution in [0.25, 0.3) is 0 Å². The Hall–Kier alpha value is -3.69. The van der Waals surface area contributed by atoms with Crippen LogP contribution in [-0.2, 0) is 16.9 Å². The minimum atomic E-state index is -1.42. The summed E-state index contributed by atoms with van der Waals surface area (Å²) in [5.41, 5.74) is 6.03. The Morgan fingerprint density at radius 1 is 1.45 bits per heavy atom. The average Bonchev–Trinajstić information content (AvgIpc) is 3.17. The highest BCUT2D eigenvalue weighted by atomic mass is 19.1. The van der Waals surface area contributed by atoms with E-state index in [0.29, 0.717) is 25.9 Å². The molecule has 160 valence electrons. The molecule has 0 saturated carbocycles. The number of nitrogens with one attached hydrogen (secondary N) is 1. The number of halogens is 1.